The van der Waals surface area contributed by atoms with Gasteiger partial charge in [0.25, 0.3) is 0 Å². The summed E-state index contributed by atoms with van der Waals surface area (Å²) < 4.78 is 17.9. The molecule has 2 atom stereocenters. The van der Waals surface area contributed by atoms with Gasteiger partial charge in [-0.1, -0.05) is 18.2 Å². The van der Waals surface area contributed by atoms with Crippen molar-refractivity contribution in [3.8, 4) is 11.4 Å². The van der Waals surface area contributed by atoms with E-state index in [0.29, 0.717) is 12.8 Å². The highest BCUT2D eigenvalue weighted by Crippen LogP contribution is 2.36. The lowest BCUT2D eigenvalue weighted by atomic mass is 10.0. The van der Waals surface area contributed by atoms with Gasteiger partial charge in [0.2, 0.25) is 11.8 Å². The first-order valence-electron chi connectivity index (χ1n) is 19.0. The van der Waals surface area contributed by atoms with E-state index in [2.05, 4.69) is 54.6 Å². The first kappa shape index (κ1) is 34.0. The third kappa shape index (κ3) is 6.75. The first-order valence-corrected chi connectivity index (χ1v) is 19.0. The number of imide groups is 1. The van der Waals surface area contributed by atoms with E-state index in [1.54, 1.807) is 12.1 Å². The average Bonchev–Trinajstić information content (AvgIpc) is 3.96. The molecule has 0 radical (unpaired) electrons. The van der Waals surface area contributed by atoms with Crippen LogP contribution in [0, 0.1) is 5.82 Å². The van der Waals surface area contributed by atoms with Gasteiger partial charge < -0.3 is 19.7 Å². The zero-order chi connectivity index (χ0) is 36.6. The summed E-state index contributed by atoms with van der Waals surface area (Å²) in [5.74, 6) is 1.15. The van der Waals surface area contributed by atoms with E-state index in [4.69, 9.17) is 10.1 Å². The predicted octanol–water partition coefficient (Wildman–Crippen LogP) is 5.83. The molecular weight excluding hydrogens is 684 g/mol. The van der Waals surface area contributed by atoms with Crippen LogP contribution in [0.2, 0.25) is 0 Å². The minimum absolute atomic E-state index is 0.0815. The van der Waals surface area contributed by atoms with Crippen molar-refractivity contribution >= 4 is 45.7 Å². The molecule has 0 saturated carbocycles. The van der Waals surface area contributed by atoms with Crippen molar-refractivity contribution < 1.29 is 14.0 Å². The second kappa shape index (κ2) is 14.5. The highest BCUT2D eigenvalue weighted by atomic mass is 19.1. The Balaban J connectivity index is 0.793. The molecule has 276 valence electrons. The van der Waals surface area contributed by atoms with E-state index in [1.807, 2.05) is 57.9 Å². The van der Waals surface area contributed by atoms with E-state index in [1.165, 1.54) is 6.07 Å². The minimum atomic E-state index is -0.355. The van der Waals surface area contributed by atoms with Crippen LogP contribution in [0.5, 0.6) is 0 Å². The monoisotopic (exact) mass is 726 g/mol. The SMILES string of the molecule is O=C1CCC(n2ccc3cc(NCCCN4CCN(c5cccc(-c6cnc7ccc(N8CCC[C@@H]8c8cccc(F)c8)nn67)n5)CC4)ccc32)C(=O)N1. The normalized spacial score (nSPS) is 19.6. The maximum Gasteiger partial charge on any atom is 0.249 e. The van der Waals surface area contributed by atoms with Crippen LogP contribution in [0.1, 0.15) is 49.8 Å². The molecule has 0 bridgehead atoms. The second-order valence-electron chi connectivity index (χ2n) is 14.5. The summed E-state index contributed by atoms with van der Waals surface area (Å²) in [5.41, 5.74) is 5.45. The van der Waals surface area contributed by atoms with Crippen LogP contribution in [0.15, 0.2) is 91.3 Å². The van der Waals surface area contributed by atoms with Gasteiger partial charge in [0.05, 0.1) is 17.9 Å². The van der Waals surface area contributed by atoms with Crippen molar-refractivity contribution in [3.05, 3.63) is 103 Å². The van der Waals surface area contributed by atoms with Crippen LogP contribution >= 0.6 is 0 Å². The van der Waals surface area contributed by atoms with Crippen LogP contribution in [-0.2, 0) is 9.59 Å². The summed E-state index contributed by atoms with van der Waals surface area (Å²) in [6.07, 6.45) is 7.66. The Hall–Kier alpha value is -5.82. The predicted molar refractivity (Wildman–Crippen MR) is 207 cm³/mol. The van der Waals surface area contributed by atoms with E-state index < -0.39 is 0 Å². The van der Waals surface area contributed by atoms with Crippen LogP contribution in [-0.4, -0.2) is 86.7 Å². The van der Waals surface area contributed by atoms with Gasteiger partial charge in [-0.05, 0) is 98.5 Å². The van der Waals surface area contributed by atoms with E-state index in [0.717, 1.165) is 116 Å². The highest BCUT2D eigenvalue weighted by molar-refractivity contribution is 6.00. The second-order valence-corrected chi connectivity index (χ2v) is 14.5. The minimum Gasteiger partial charge on any atom is -0.385 e. The molecular formula is C41H43FN10O2. The van der Waals surface area contributed by atoms with Crippen LogP contribution in [0.3, 0.4) is 0 Å². The standard InChI is InChI=1S/C41H43FN10O2/c42-30-6-1-5-28(25-30)33-8-3-19-51(33)39-14-13-37-44-27-36(52(37)47-39)32-7-2-9-38(45-32)49-23-21-48(22-24-49)18-4-17-43-31-10-11-34-29(26-31)16-20-50(34)35-12-15-40(53)46-41(35)54/h1-2,5-7,9-11,13-14,16,20,25-27,33,35,43H,3-4,8,12,15,17-19,21-24H2,(H,46,53,54)/t33-,35?/m1/s1. The maximum atomic E-state index is 14.1. The van der Waals surface area contributed by atoms with E-state index in [-0.39, 0.29) is 29.7 Å². The molecule has 0 spiro atoms. The largest absolute Gasteiger partial charge is 0.385 e. The number of fused-ring (bicyclic) bond motifs is 2. The van der Waals surface area contributed by atoms with Gasteiger partial charge in [-0.25, -0.2) is 18.9 Å². The molecule has 3 aliphatic rings. The number of imidazole rings is 1. The number of aromatic nitrogens is 5. The van der Waals surface area contributed by atoms with E-state index >= 15 is 0 Å². The molecule has 9 rings (SSSR count). The summed E-state index contributed by atoms with van der Waals surface area (Å²) in [7, 11) is 0. The molecule has 7 heterocycles. The van der Waals surface area contributed by atoms with Crippen LogP contribution in [0.25, 0.3) is 27.9 Å². The molecule has 54 heavy (non-hydrogen) atoms. The number of carbonyl (C=O) groups excluding carboxylic acids is 2. The molecule has 3 aliphatic heterocycles. The number of pyridine rings is 1. The number of carbonyl (C=O) groups is 2. The van der Waals surface area contributed by atoms with Crippen molar-refractivity contribution in [2.45, 2.75) is 44.2 Å². The molecule has 1 unspecified atom stereocenters. The van der Waals surface area contributed by atoms with Gasteiger partial charge in [0.15, 0.2) is 5.65 Å². The Morgan fingerprint density at radius 1 is 0.870 bits per heavy atom. The summed E-state index contributed by atoms with van der Waals surface area (Å²) in [4.78, 5) is 40.8. The lowest BCUT2D eigenvalue weighted by Crippen LogP contribution is -2.47. The number of nitrogens with zero attached hydrogens (tertiary/aromatic N) is 8. The zero-order valence-corrected chi connectivity index (χ0v) is 30.1. The molecule has 0 aliphatic carbocycles. The molecule has 2 amide bonds. The number of hydrogen-bond acceptors (Lipinski definition) is 9. The number of rotatable bonds is 10. The number of halogens is 1. The highest BCUT2D eigenvalue weighted by Gasteiger charge is 2.30. The zero-order valence-electron chi connectivity index (χ0n) is 30.1. The lowest BCUT2D eigenvalue weighted by molar-refractivity contribution is -0.135. The third-order valence-corrected chi connectivity index (χ3v) is 11.1. The van der Waals surface area contributed by atoms with Crippen LogP contribution < -0.4 is 20.4 Å². The Morgan fingerprint density at radius 3 is 2.63 bits per heavy atom. The quantitative estimate of drug-likeness (QED) is 0.133. The molecule has 3 fully saturated rings. The van der Waals surface area contributed by atoms with Crippen LogP contribution in [0.4, 0.5) is 21.7 Å². The Kier molecular flexibility index (Phi) is 9.15. The summed E-state index contributed by atoms with van der Waals surface area (Å²) in [5, 5.41) is 12.1. The fraction of sp³-hybridized carbons (Fsp3) is 0.341. The smallest absolute Gasteiger partial charge is 0.249 e. The van der Waals surface area contributed by atoms with Crippen molar-refractivity contribution in [2.75, 3.05) is 60.9 Å². The van der Waals surface area contributed by atoms with Crippen molar-refractivity contribution in [1.82, 2.24) is 34.4 Å². The van der Waals surface area contributed by atoms with Gasteiger partial charge in [-0.15, -0.1) is 5.10 Å². The molecule has 3 saturated heterocycles. The number of piperazine rings is 1. The van der Waals surface area contributed by atoms with Gasteiger partial charge in [0, 0.05) is 68.5 Å². The number of amides is 2. The van der Waals surface area contributed by atoms with Crippen molar-refractivity contribution in [2.24, 2.45) is 0 Å². The Morgan fingerprint density at radius 2 is 1.76 bits per heavy atom. The van der Waals surface area contributed by atoms with E-state index in [9.17, 15) is 14.0 Å². The number of nitrogens with one attached hydrogen (secondary N) is 2. The Bertz CT molecular complexity index is 2330. The van der Waals surface area contributed by atoms with Gasteiger partial charge >= 0.3 is 0 Å². The summed E-state index contributed by atoms with van der Waals surface area (Å²) in [6, 6.07) is 25.0. The number of hydrogen-bond donors (Lipinski definition) is 2. The number of benzene rings is 2. The fourth-order valence-electron chi connectivity index (χ4n) is 8.26. The topological polar surface area (TPSA) is 116 Å². The molecule has 2 N–H and O–H groups in total. The third-order valence-electron chi connectivity index (χ3n) is 11.1. The summed E-state index contributed by atoms with van der Waals surface area (Å²) in [6.45, 7) is 6.47. The molecule has 13 heteroatoms. The molecule has 12 nitrogen and oxygen atoms in total. The Labute approximate surface area is 312 Å². The van der Waals surface area contributed by atoms with Gasteiger partial charge in [0.1, 0.15) is 29.2 Å². The number of anilines is 3. The van der Waals surface area contributed by atoms with Gasteiger partial charge in [-0.2, -0.15) is 0 Å². The molecule has 4 aromatic heterocycles. The summed E-state index contributed by atoms with van der Waals surface area (Å²) >= 11 is 0. The van der Waals surface area contributed by atoms with Crippen molar-refractivity contribution in [3.63, 3.8) is 0 Å². The first-order chi connectivity index (χ1) is 26.5. The average molecular weight is 727 g/mol. The molecule has 2 aromatic carbocycles. The van der Waals surface area contributed by atoms with Crippen molar-refractivity contribution in [1.29, 1.82) is 0 Å². The molecule has 6 aromatic rings. The van der Waals surface area contributed by atoms with Gasteiger partial charge in [-0.3, -0.25) is 19.8 Å². The lowest BCUT2D eigenvalue weighted by Gasteiger charge is -2.35. The maximum absolute atomic E-state index is 14.1. The fourth-order valence-corrected chi connectivity index (χ4v) is 8.26. The number of piperidine rings is 1.